The Morgan fingerprint density at radius 1 is 1.29 bits per heavy atom. The number of urea groups is 1. The molecule has 2 aromatic rings. The Hall–Kier alpha value is -2.97. The van der Waals surface area contributed by atoms with Crippen molar-refractivity contribution < 1.29 is 9.59 Å². The molecule has 9 nitrogen and oxygen atoms in total. The first-order valence-electron chi connectivity index (χ1n) is 7.80. The van der Waals surface area contributed by atoms with Crippen molar-refractivity contribution in [2.24, 2.45) is 11.7 Å². The van der Waals surface area contributed by atoms with Gasteiger partial charge in [0.15, 0.2) is 5.82 Å². The van der Waals surface area contributed by atoms with Gasteiger partial charge < -0.3 is 16.0 Å². The summed E-state index contributed by atoms with van der Waals surface area (Å²) in [6.45, 7) is 1.17. The van der Waals surface area contributed by atoms with Crippen molar-refractivity contribution in [2.75, 3.05) is 13.1 Å². The minimum absolute atomic E-state index is 0.122. The number of nitrogens with zero attached hydrogens (tertiary/aromatic N) is 5. The van der Waals surface area contributed by atoms with Crippen LogP contribution in [-0.4, -0.2) is 50.1 Å². The van der Waals surface area contributed by atoms with Gasteiger partial charge >= 0.3 is 6.03 Å². The smallest absolute Gasteiger partial charge is 0.314 e. The van der Waals surface area contributed by atoms with Crippen LogP contribution in [0.25, 0.3) is 5.69 Å². The highest BCUT2D eigenvalue weighted by Gasteiger charge is 2.27. The van der Waals surface area contributed by atoms with Gasteiger partial charge in [-0.2, -0.15) is 4.68 Å². The van der Waals surface area contributed by atoms with E-state index in [-0.39, 0.29) is 18.4 Å². The number of likely N-dealkylation sites (tertiary alicyclic amines) is 1. The number of hydrogen-bond donors (Lipinski definition) is 2. The molecule has 2 heterocycles. The lowest BCUT2D eigenvalue weighted by atomic mass is 9.97. The van der Waals surface area contributed by atoms with Crippen molar-refractivity contribution in [3.8, 4) is 5.69 Å². The van der Waals surface area contributed by atoms with E-state index in [0.717, 1.165) is 18.5 Å². The molecule has 1 atom stereocenters. The van der Waals surface area contributed by atoms with Gasteiger partial charge in [0.25, 0.3) is 0 Å². The zero-order chi connectivity index (χ0) is 16.9. The molecule has 0 radical (unpaired) electrons. The fraction of sp³-hybridized carbons (Fsp3) is 0.400. The summed E-state index contributed by atoms with van der Waals surface area (Å²) in [5, 5.41) is 14.4. The van der Waals surface area contributed by atoms with Gasteiger partial charge in [-0.1, -0.05) is 18.2 Å². The molecule has 0 saturated carbocycles. The fourth-order valence-electron chi connectivity index (χ4n) is 2.79. The van der Waals surface area contributed by atoms with E-state index in [2.05, 4.69) is 20.8 Å². The summed E-state index contributed by atoms with van der Waals surface area (Å²) in [4.78, 5) is 25.1. The van der Waals surface area contributed by atoms with Crippen LogP contribution in [0.15, 0.2) is 30.3 Å². The van der Waals surface area contributed by atoms with Gasteiger partial charge in [-0.25, -0.2) is 4.79 Å². The summed E-state index contributed by atoms with van der Waals surface area (Å²) >= 11 is 0. The number of benzene rings is 1. The first kappa shape index (κ1) is 15.9. The standard InChI is InChI=1S/C15H19N7O2/c16-15(24)21-8-4-5-11(10-21)14(23)17-9-13-18-19-20-22(13)12-6-2-1-3-7-12/h1-3,6-7,11H,4-5,8-10H2,(H2,16,24)(H,17,23)/t11-/m1/s1. The highest BCUT2D eigenvalue weighted by molar-refractivity contribution is 5.80. The first-order valence-corrected chi connectivity index (χ1v) is 7.80. The van der Waals surface area contributed by atoms with Crippen LogP contribution in [0.1, 0.15) is 18.7 Å². The Labute approximate surface area is 138 Å². The number of aromatic nitrogens is 4. The molecule has 9 heteroatoms. The van der Waals surface area contributed by atoms with Crippen molar-refractivity contribution in [3.05, 3.63) is 36.2 Å². The lowest BCUT2D eigenvalue weighted by Crippen LogP contribution is -2.47. The Balaban J connectivity index is 1.61. The Morgan fingerprint density at radius 3 is 2.83 bits per heavy atom. The topological polar surface area (TPSA) is 119 Å². The van der Waals surface area contributed by atoms with E-state index in [1.54, 1.807) is 4.68 Å². The lowest BCUT2D eigenvalue weighted by Gasteiger charge is -2.30. The minimum Gasteiger partial charge on any atom is -0.351 e. The molecule has 0 bridgehead atoms. The summed E-state index contributed by atoms with van der Waals surface area (Å²) in [6, 6.07) is 8.96. The maximum Gasteiger partial charge on any atom is 0.314 e. The molecule has 1 fully saturated rings. The average molecular weight is 329 g/mol. The van der Waals surface area contributed by atoms with Gasteiger partial charge in [0, 0.05) is 13.1 Å². The Kier molecular flexibility index (Phi) is 4.69. The third-order valence-electron chi connectivity index (χ3n) is 4.06. The third-order valence-corrected chi connectivity index (χ3v) is 4.06. The molecular formula is C15H19N7O2. The summed E-state index contributed by atoms with van der Waals surface area (Å²) in [7, 11) is 0. The van der Waals surface area contributed by atoms with Crippen LogP contribution >= 0.6 is 0 Å². The zero-order valence-electron chi connectivity index (χ0n) is 13.1. The van der Waals surface area contributed by atoms with E-state index in [0.29, 0.717) is 18.9 Å². The minimum atomic E-state index is -0.486. The van der Waals surface area contributed by atoms with Crippen LogP contribution in [0.3, 0.4) is 0 Å². The monoisotopic (exact) mass is 329 g/mol. The summed E-state index contributed by atoms with van der Waals surface area (Å²) in [5.41, 5.74) is 6.11. The molecule has 1 saturated heterocycles. The van der Waals surface area contributed by atoms with Crippen molar-refractivity contribution >= 4 is 11.9 Å². The number of nitrogens with one attached hydrogen (secondary N) is 1. The first-order chi connectivity index (χ1) is 11.6. The number of nitrogens with two attached hydrogens (primary N) is 1. The second kappa shape index (κ2) is 7.07. The van der Waals surface area contributed by atoms with Crippen LogP contribution < -0.4 is 11.1 Å². The molecule has 1 aliphatic rings. The van der Waals surface area contributed by atoms with Crippen molar-refractivity contribution in [3.63, 3.8) is 0 Å². The molecule has 126 valence electrons. The number of amides is 3. The number of carbonyl (C=O) groups is 2. The predicted molar refractivity (Wildman–Crippen MR) is 84.9 cm³/mol. The molecule has 0 unspecified atom stereocenters. The van der Waals surface area contributed by atoms with Crippen LogP contribution in [-0.2, 0) is 11.3 Å². The van der Waals surface area contributed by atoms with Gasteiger partial charge in [0.1, 0.15) is 0 Å². The average Bonchev–Trinajstić information content (AvgIpc) is 3.09. The molecule has 1 aliphatic heterocycles. The number of para-hydroxylation sites is 1. The molecule has 3 rings (SSSR count). The molecule has 3 N–H and O–H groups in total. The normalized spacial score (nSPS) is 17.5. The second-order valence-corrected chi connectivity index (χ2v) is 5.68. The van der Waals surface area contributed by atoms with E-state index in [1.165, 1.54) is 4.90 Å². The van der Waals surface area contributed by atoms with Crippen LogP contribution in [0.2, 0.25) is 0 Å². The third kappa shape index (κ3) is 3.50. The molecule has 24 heavy (non-hydrogen) atoms. The number of piperidine rings is 1. The van der Waals surface area contributed by atoms with E-state index in [4.69, 9.17) is 5.73 Å². The highest BCUT2D eigenvalue weighted by Crippen LogP contribution is 2.16. The number of primary amides is 1. The number of tetrazole rings is 1. The fourth-order valence-corrected chi connectivity index (χ4v) is 2.79. The summed E-state index contributed by atoms with van der Waals surface area (Å²) in [6.07, 6.45) is 1.50. The van der Waals surface area contributed by atoms with E-state index >= 15 is 0 Å². The maximum atomic E-state index is 12.3. The number of rotatable bonds is 4. The highest BCUT2D eigenvalue weighted by atomic mass is 16.2. The van der Waals surface area contributed by atoms with Gasteiger partial charge in [0.2, 0.25) is 5.91 Å². The molecule has 3 amide bonds. The van der Waals surface area contributed by atoms with E-state index in [1.807, 2.05) is 30.3 Å². The zero-order valence-corrected chi connectivity index (χ0v) is 13.1. The quantitative estimate of drug-likeness (QED) is 0.822. The largest absolute Gasteiger partial charge is 0.351 e. The van der Waals surface area contributed by atoms with E-state index < -0.39 is 6.03 Å². The number of carbonyl (C=O) groups excluding carboxylic acids is 2. The summed E-state index contributed by atoms with van der Waals surface area (Å²) in [5.74, 6) is 0.160. The van der Waals surface area contributed by atoms with Gasteiger partial charge in [-0.05, 0) is 35.4 Å². The molecule has 0 aliphatic carbocycles. The number of hydrogen-bond acceptors (Lipinski definition) is 5. The van der Waals surface area contributed by atoms with Gasteiger partial charge in [-0.15, -0.1) is 5.10 Å². The lowest BCUT2D eigenvalue weighted by molar-refractivity contribution is -0.126. The Morgan fingerprint density at radius 2 is 2.08 bits per heavy atom. The van der Waals surface area contributed by atoms with Gasteiger partial charge in [-0.3, -0.25) is 4.79 Å². The van der Waals surface area contributed by atoms with Crippen LogP contribution in [0.4, 0.5) is 4.79 Å². The SMILES string of the molecule is NC(=O)N1CCC[C@@H](C(=O)NCc2nnnn2-c2ccccc2)C1. The van der Waals surface area contributed by atoms with Crippen LogP contribution in [0.5, 0.6) is 0 Å². The molecular weight excluding hydrogens is 310 g/mol. The predicted octanol–water partition coefficient (Wildman–Crippen LogP) is 0.0692. The molecule has 0 spiro atoms. The van der Waals surface area contributed by atoms with Crippen LogP contribution in [0, 0.1) is 5.92 Å². The second-order valence-electron chi connectivity index (χ2n) is 5.68. The van der Waals surface area contributed by atoms with Gasteiger partial charge in [0.05, 0.1) is 18.2 Å². The van der Waals surface area contributed by atoms with Crippen molar-refractivity contribution in [1.29, 1.82) is 0 Å². The van der Waals surface area contributed by atoms with Crippen molar-refractivity contribution in [1.82, 2.24) is 30.4 Å². The molecule has 1 aromatic heterocycles. The summed E-state index contributed by atoms with van der Waals surface area (Å²) < 4.78 is 1.58. The maximum absolute atomic E-state index is 12.3. The van der Waals surface area contributed by atoms with E-state index in [9.17, 15) is 9.59 Å². The van der Waals surface area contributed by atoms with Crippen molar-refractivity contribution in [2.45, 2.75) is 19.4 Å². The Bertz CT molecular complexity index is 716. The molecule has 1 aromatic carbocycles.